The first-order valence-corrected chi connectivity index (χ1v) is 3.10. The van der Waals surface area contributed by atoms with Crippen LogP contribution in [0.5, 0.6) is 0 Å². The van der Waals surface area contributed by atoms with Gasteiger partial charge in [0, 0.05) is 5.33 Å². The van der Waals surface area contributed by atoms with Gasteiger partial charge in [0.15, 0.2) is 0 Å². The summed E-state index contributed by atoms with van der Waals surface area (Å²) in [4.78, 5) is 0. The fraction of sp³-hybridized carbons (Fsp3) is 0.400. The van der Waals surface area contributed by atoms with Crippen molar-refractivity contribution in [2.75, 3.05) is 11.9 Å². The quantitative estimate of drug-likeness (QED) is 0.477. The first-order chi connectivity index (χ1) is 3.41. The standard InChI is InChI=1S/C5H7BrO/c6-4-2-1-3-5-7/h2-3,7H,4-5H2. The molecule has 0 aliphatic carbocycles. The van der Waals surface area contributed by atoms with Crippen LogP contribution in [0.4, 0.5) is 0 Å². The highest BCUT2D eigenvalue weighted by atomic mass is 79.9. The molecule has 1 N–H and O–H groups in total. The minimum Gasteiger partial charge on any atom is -0.392 e. The summed E-state index contributed by atoms with van der Waals surface area (Å²) in [5.41, 5.74) is 2.74. The summed E-state index contributed by atoms with van der Waals surface area (Å²) < 4.78 is 0. The summed E-state index contributed by atoms with van der Waals surface area (Å²) in [6, 6.07) is 0. The number of aliphatic hydroxyl groups is 1. The second-order valence-corrected chi connectivity index (χ2v) is 1.56. The molecule has 0 spiro atoms. The molecule has 1 nitrogen and oxygen atoms in total. The van der Waals surface area contributed by atoms with E-state index >= 15 is 0 Å². The summed E-state index contributed by atoms with van der Waals surface area (Å²) >= 11 is 3.16. The molecule has 0 radical (unpaired) electrons. The van der Waals surface area contributed by atoms with E-state index in [0.29, 0.717) is 0 Å². The molecule has 7 heavy (non-hydrogen) atoms. The lowest BCUT2D eigenvalue weighted by Gasteiger charge is -1.67. The Kier molecular flexibility index (Phi) is 5.93. The van der Waals surface area contributed by atoms with Crippen LogP contribution in [0.15, 0.2) is 17.9 Å². The second kappa shape index (κ2) is 5.96. The normalized spacial score (nSPS) is 7.14. The lowest BCUT2D eigenvalue weighted by molar-refractivity contribution is 0.343. The smallest absolute Gasteiger partial charge is 0.0686 e. The third-order valence-electron chi connectivity index (χ3n) is 0.404. The summed E-state index contributed by atoms with van der Waals surface area (Å²) in [5, 5.41) is 8.93. The van der Waals surface area contributed by atoms with E-state index < -0.39 is 0 Å². The number of hydrogen-bond donors (Lipinski definition) is 1. The van der Waals surface area contributed by atoms with Crippen LogP contribution in [0.3, 0.4) is 0 Å². The highest BCUT2D eigenvalue weighted by Crippen LogP contribution is 1.77. The third kappa shape index (κ3) is 5.96. The molecule has 2 heteroatoms. The van der Waals surface area contributed by atoms with Gasteiger partial charge in [-0.25, -0.2) is 0 Å². The molecular formula is C5H7BrO. The van der Waals surface area contributed by atoms with Crippen LogP contribution in [0.25, 0.3) is 0 Å². The van der Waals surface area contributed by atoms with E-state index in [1.165, 1.54) is 0 Å². The molecule has 0 aromatic rings. The summed E-state index contributed by atoms with van der Waals surface area (Å²) in [6.45, 7) is 0.0729. The zero-order valence-corrected chi connectivity index (χ0v) is 5.48. The molecule has 40 valence electrons. The maximum Gasteiger partial charge on any atom is 0.0686 e. The van der Waals surface area contributed by atoms with Crippen molar-refractivity contribution in [1.29, 1.82) is 0 Å². The largest absolute Gasteiger partial charge is 0.392 e. The second-order valence-electron chi connectivity index (χ2n) is 0.912. The van der Waals surface area contributed by atoms with Gasteiger partial charge in [-0.15, -0.1) is 5.73 Å². The fourth-order valence-corrected chi connectivity index (χ4v) is 0.367. The highest BCUT2D eigenvalue weighted by molar-refractivity contribution is 9.09. The highest BCUT2D eigenvalue weighted by Gasteiger charge is 1.59. The Labute approximate surface area is 51.5 Å². The van der Waals surface area contributed by atoms with Gasteiger partial charge in [-0.2, -0.15) is 0 Å². The lowest BCUT2D eigenvalue weighted by Crippen LogP contribution is -1.65. The van der Waals surface area contributed by atoms with Crippen molar-refractivity contribution in [3.8, 4) is 0 Å². The van der Waals surface area contributed by atoms with Gasteiger partial charge in [0.25, 0.3) is 0 Å². The van der Waals surface area contributed by atoms with E-state index in [1.807, 2.05) is 0 Å². The number of rotatable bonds is 2. The molecule has 0 fully saturated rings. The summed E-state index contributed by atoms with van der Waals surface area (Å²) in [6.07, 6.45) is 3.34. The van der Waals surface area contributed by atoms with Gasteiger partial charge in [-0.3, -0.25) is 0 Å². The SMILES string of the molecule is OCC=C=CCBr. The van der Waals surface area contributed by atoms with Crippen molar-refractivity contribution >= 4 is 15.9 Å². The molecule has 0 unspecified atom stereocenters. The molecule has 0 aromatic carbocycles. The van der Waals surface area contributed by atoms with Crippen molar-refractivity contribution in [3.05, 3.63) is 17.9 Å². The predicted octanol–water partition coefficient (Wildman–Crippen LogP) is 1.08. The zero-order valence-electron chi connectivity index (χ0n) is 3.89. The van der Waals surface area contributed by atoms with Crippen LogP contribution in [0, 0.1) is 0 Å². The molecule has 0 rings (SSSR count). The molecule has 0 aromatic heterocycles. The Morgan fingerprint density at radius 3 is 2.71 bits per heavy atom. The van der Waals surface area contributed by atoms with E-state index in [9.17, 15) is 0 Å². The van der Waals surface area contributed by atoms with Crippen molar-refractivity contribution in [2.45, 2.75) is 0 Å². The molecule has 0 aliphatic rings. The number of alkyl halides is 1. The van der Waals surface area contributed by atoms with Crippen molar-refractivity contribution in [1.82, 2.24) is 0 Å². The fourth-order valence-electron chi connectivity index (χ4n) is 0.181. The average molecular weight is 163 g/mol. The van der Waals surface area contributed by atoms with E-state index in [0.717, 1.165) is 5.33 Å². The monoisotopic (exact) mass is 162 g/mol. The number of halogens is 1. The van der Waals surface area contributed by atoms with Crippen molar-refractivity contribution < 1.29 is 5.11 Å². The minimum atomic E-state index is 0.0729. The lowest BCUT2D eigenvalue weighted by atomic mass is 10.6. The van der Waals surface area contributed by atoms with Crippen LogP contribution in [0.1, 0.15) is 0 Å². The zero-order chi connectivity index (χ0) is 5.54. The number of aliphatic hydroxyl groups excluding tert-OH is 1. The van der Waals surface area contributed by atoms with Gasteiger partial charge in [0.2, 0.25) is 0 Å². The van der Waals surface area contributed by atoms with Crippen LogP contribution in [0.2, 0.25) is 0 Å². The van der Waals surface area contributed by atoms with Gasteiger partial charge in [0.1, 0.15) is 0 Å². The first kappa shape index (κ1) is 6.96. The third-order valence-corrected chi connectivity index (χ3v) is 0.728. The van der Waals surface area contributed by atoms with Crippen LogP contribution in [-0.4, -0.2) is 17.0 Å². The van der Waals surface area contributed by atoms with Gasteiger partial charge < -0.3 is 5.11 Å². The molecular weight excluding hydrogens is 156 g/mol. The minimum absolute atomic E-state index is 0.0729. The van der Waals surface area contributed by atoms with Gasteiger partial charge in [0.05, 0.1) is 6.61 Å². The van der Waals surface area contributed by atoms with Crippen molar-refractivity contribution in [2.24, 2.45) is 0 Å². The molecule has 0 amide bonds. The molecule has 0 saturated carbocycles. The van der Waals surface area contributed by atoms with Gasteiger partial charge in [-0.05, 0) is 12.2 Å². The van der Waals surface area contributed by atoms with E-state index in [1.54, 1.807) is 12.2 Å². The van der Waals surface area contributed by atoms with Crippen molar-refractivity contribution in [3.63, 3.8) is 0 Å². The number of hydrogen-bond acceptors (Lipinski definition) is 1. The van der Waals surface area contributed by atoms with Gasteiger partial charge in [-0.1, -0.05) is 15.9 Å². The molecule has 0 aliphatic heterocycles. The van der Waals surface area contributed by atoms with E-state index in [2.05, 4.69) is 21.7 Å². The molecule has 0 atom stereocenters. The molecule has 0 heterocycles. The Bertz CT molecular complexity index is 74.1. The topological polar surface area (TPSA) is 20.2 Å². The Morgan fingerprint density at radius 2 is 2.29 bits per heavy atom. The molecule has 0 bridgehead atoms. The maximum absolute atomic E-state index is 8.14. The maximum atomic E-state index is 8.14. The van der Waals surface area contributed by atoms with Crippen LogP contribution in [-0.2, 0) is 0 Å². The summed E-state index contributed by atoms with van der Waals surface area (Å²) in [7, 11) is 0. The summed E-state index contributed by atoms with van der Waals surface area (Å²) in [5.74, 6) is 0. The van der Waals surface area contributed by atoms with Crippen LogP contribution < -0.4 is 0 Å². The average Bonchev–Trinajstić information content (AvgIpc) is 1.69. The Morgan fingerprint density at radius 1 is 1.57 bits per heavy atom. The van der Waals surface area contributed by atoms with Gasteiger partial charge >= 0.3 is 0 Å². The predicted molar refractivity (Wildman–Crippen MR) is 33.5 cm³/mol. The first-order valence-electron chi connectivity index (χ1n) is 1.98. The Balaban J connectivity index is 3.21. The van der Waals surface area contributed by atoms with Crippen LogP contribution >= 0.6 is 15.9 Å². The Hall–Kier alpha value is -0.0400. The van der Waals surface area contributed by atoms with E-state index in [4.69, 9.17) is 5.11 Å². The molecule has 0 saturated heterocycles. The van der Waals surface area contributed by atoms with E-state index in [-0.39, 0.29) is 6.61 Å².